The highest BCUT2D eigenvalue weighted by Gasteiger charge is 2.35. The summed E-state index contributed by atoms with van der Waals surface area (Å²) in [6, 6.07) is 1.65. The van der Waals surface area contributed by atoms with Gasteiger partial charge in [-0.1, -0.05) is 0 Å². The van der Waals surface area contributed by atoms with Gasteiger partial charge in [0.05, 0.1) is 5.56 Å². The van der Waals surface area contributed by atoms with Crippen LogP contribution in [0.5, 0.6) is 5.75 Å². The molecule has 0 N–H and O–H groups in total. The van der Waals surface area contributed by atoms with Gasteiger partial charge in [0.2, 0.25) is 0 Å². The fourth-order valence-electron chi connectivity index (χ4n) is 0.897. The van der Waals surface area contributed by atoms with E-state index < -0.39 is 23.9 Å². The molecule has 0 amide bonds. The fourth-order valence-corrected chi connectivity index (χ4v) is 1.08. The van der Waals surface area contributed by atoms with Crippen LogP contribution in [0.1, 0.15) is 5.56 Å². The topological polar surface area (TPSA) is 9.23 Å². The molecule has 0 radical (unpaired) electrons. The summed E-state index contributed by atoms with van der Waals surface area (Å²) in [7, 11) is 0. The predicted molar refractivity (Wildman–Crippen MR) is 45.4 cm³/mol. The summed E-state index contributed by atoms with van der Waals surface area (Å²) >= 11 is 3.56. The molecule has 0 saturated carbocycles. The van der Waals surface area contributed by atoms with E-state index in [1.54, 1.807) is 0 Å². The molecule has 90 valence electrons. The summed E-state index contributed by atoms with van der Waals surface area (Å²) in [5.74, 6) is -0.981. The molecule has 1 rings (SSSR count). The van der Waals surface area contributed by atoms with Crippen molar-refractivity contribution < 1.29 is 31.1 Å². The lowest BCUT2D eigenvalue weighted by Gasteiger charge is -2.13. The number of ether oxygens (including phenoxy) is 1. The van der Waals surface area contributed by atoms with Crippen molar-refractivity contribution in [2.45, 2.75) is 17.4 Å². The van der Waals surface area contributed by atoms with Gasteiger partial charge in [0, 0.05) is 4.90 Å². The quantitative estimate of drug-likeness (QED) is 0.596. The summed E-state index contributed by atoms with van der Waals surface area (Å²) in [4.78, 5) is -0.328. The number of hydrogen-bond acceptors (Lipinski definition) is 2. The van der Waals surface area contributed by atoms with E-state index in [4.69, 9.17) is 0 Å². The molecule has 0 unspecified atom stereocenters. The van der Waals surface area contributed by atoms with Crippen molar-refractivity contribution in [3.05, 3.63) is 23.8 Å². The van der Waals surface area contributed by atoms with Crippen molar-refractivity contribution in [3.63, 3.8) is 0 Å². The van der Waals surface area contributed by atoms with Crippen LogP contribution in [-0.2, 0) is 6.18 Å². The molecule has 1 aromatic rings. The largest absolute Gasteiger partial charge is 0.573 e. The molecule has 0 aliphatic carbocycles. The Bertz CT molecular complexity index is 383. The predicted octanol–water partition coefficient (Wildman–Crippen LogP) is 3.89. The molecule has 0 aromatic heterocycles. The maximum absolute atomic E-state index is 12.2. The van der Waals surface area contributed by atoms with Crippen LogP contribution in [0.4, 0.5) is 26.3 Å². The van der Waals surface area contributed by atoms with Gasteiger partial charge in [0.15, 0.2) is 0 Å². The Kier molecular flexibility index (Phi) is 3.32. The lowest BCUT2D eigenvalue weighted by atomic mass is 10.2. The monoisotopic (exact) mass is 262 g/mol. The van der Waals surface area contributed by atoms with E-state index >= 15 is 0 Å². The molecule has 0 heterocycles. The highest BCUT2D eigenvalue weighted by molar-refractivity contribution is 7.80. The number of rotatable bonds is 1. The van der Waals surface area contributed by atoms with E-state index in [0.29, 0.717) is 6.07 Å². The van der Waals surface area contributed by atoms with Gasteiger partial charge in [0.25, 0.3) is 0 Å². The van der Waals surface area contributed by atoms with Crippen LogP contribution in [0.3, 0.4) is 0 Å². The van der Waals surface area contributed by atoms with Gasteiger partial charge >= 0.3 is 12.5 Å². The molecule has 0 aliphatic heterocycles. The van der Waals surface area contributed by atoms with Crippen molar-refractivity contribution in [2.24, 2.45) is 0 Å². The van der Waals surface area contributed by atoms with Crippen LogP contribution in [0, 0.1) is 0 Å². The van der Waals surface area contributed by atoms with Crippen LogP contribution in [0.15, 0.2) is 23.1 Å². The van der Waals surface area contributed by atoms with Gasteiger partial charge in [-0.25, -0.2) is 0 Å². The molecular formula is C8H4F6OS. The zero-order chi connectivity index (χ0) is 12.6. The lowest BCUT2D eigenvalue weighted by Crippen LogP contribution is -2.18. The average Bonchev–Trinajstić information content (AvgIpc) is 2.04. The molecule has 0 fully saturated rings. The smallest absolute Gasteiger partial charge is 0.405 e. The number of halogens is 6. The zero-order valence-electron chi connectivity index (χ0n) is 7.36. The van der Waals surface area contributed by atoms with Gasteiger partial charge < -0.3 is 4.74 Å². The van der Waals surface area contributed by atoms with Gasteiger partial charge in [-0.05, 0) is 18.2 Å². The van der Waals surface area contributed by atoms with Crippen LogP contribution < -0.4 is 4.74 Å². The molecule has 0 saturated heterocycles. The number of benzene rings is 1. The molecule has 8 heteroatoms. The molecule has 1 aromatic carbocycles. The molecule has 16 heavy (non-hydrogen) atoms. The number of thiol groups is 1. The third-order valence-corrected chi connectivity index (χ3v) is 1.88. The summed E-state index contributed by atoms with van der Waals surface area (Å²) in [6.45, 7) is 0. The van der Waals surface area contributed by atoms with Crippen molar-refractivity contribution in [2.75, 3.05) is 0 Å². The van der Waals surface area contributed by atoms with Crippen molar-refractivity contribution in [3.8, 4) is 5.75 Å². The first-order chi connectivity index (χ1) is 7.09. The van der Waals surface area contributed by atoms with Crippen molar-refractivity contribution in [1.29, 1.82) is 0 Å². The maximum Gasteiger partial charge on any atom is 0.573 e. The molecule has 1 nitrogen and oxygen atoms in total. The summed E-state index contributed by atoms with van der Waals surface area (Å²) in [6.07, 6.45) is -9.78. The van der Waals surface area contributed by atoms with E-state index in [0.717, 1.165) is 6.07 Å². The Balaban J connectivity index is 3.10. The third kappa shape index (κ3) is 3.51. The van der Waals surface area contributed by atoms with Crippen molar-refractivity contribution in [1.82, 2.24) is 0 Å². The minimum atomic E-state index is -5.05. The summed E-state index contributed by atoms with van der Waals surface area (Å²) in [5, 5.41) is 0. The van der Waals surface area contributed by atoms with E-state index in [1.807, 2.05) is 0 Å². The van der Waals surface area contributed by atoms with E-state index in [9.17, 15) is 26.3 Å². The summed E-state index contributed by atoms with van der Waals surface area (Å²) < 4.78 is 75.3. The van der Waals surface area contributed by atoms with Crippen LogP contribution in [0.25, 0.3) is 0 Å². The molecule has 0 atom stereocenters. The highest BCUT2D eigenvalue weighted by Crippen LogP contribution is 2.36. The second kappa shape index (κ2) is 4.08. The molecule has 0 bridgehead atoms. The number of alkyl halides is 6. The van der Waals surface area contributed by atoms with E-state index in [2.05, 4.69) is 17.4 Å². The molecule has 0 spiro atoms. The van der Waals surface area contributed by atoms with Crippen LogP contribution in [0.2, 0.25) is 0 Å². The Morgan fingerprint density at radius 3 is 2.00 bits per heavy atom. The normalized spacial score (nSPS) is 12.7. The molecular weight excluding hydrogens is 258 g/mol. The fraction of sp³-hybridized carbons (Fsp3) is 0.250. The lowest BCUT2D eigenvalue weighted by molar-refractivity contribution is -0.275. The van der Waals surface area contributed by atoms with Gasteiger partial charge in [-0.2, -0.15) is 13.2 Å². The minimum Gasteiger partial charge on any atom is -0.405 e. The van der Waals surface area contributed by atoms with Gasteiger partial charge in [-0.3, -0.25) is 0 Å². The Morgan fingerprint density at radius 2 is 1.56 bits per heavy atom. The van der Waals surface area contributed by atoms with Crippen LogP contribution >= 0.6 is 12.6 Å². The SMILES string of the molecule is FC(F)(F)Oc1cc(C(F)(F)F)ccc1S. The van der Waals surface area contributed by atoms with E-state index in [1.165, 1.54) is 0 Å². The average molecular weight is 262 g/mol. The summed E-state index contributed by atoms with van der Waals surface area (Å²) in [5.41, 5.74) is -1.23. The Hall–Kier alpha value is -1.05. The van der Waals surface area contributed by atoms with Crippen LogP contribution in [-0.4, -0.2) is 6.36 Å². The minimum absolute atomic E-state index is 0.246. The van der Waals surface area contributed by atoms with Gasteiger partial charge in [-0.15, -0.1) is 25.8 Å². The second-order valence-corrected chi connectivity index (χ2v) is 3.21. The standard InChI is InChI=1S/C8H4F6OS/c9-7(10,11)4-1-2-6(16)5(3-4)15-8(12,13)14/h1-3,16H. The first-order valence-electron chi connectivity index (χ1n) is 3.75. The third-order valence-electron chi connectivity index (χ3n) is 1.51. The Morgan fingerprint density at radius 1 is 1.00 bits per heavy atom. The first-order valence-corrected chi connectivity index (χ1v) is 4.20. The van der Waals surface area contributed by atoms with Gasteiger partial charge in [0.1, 0.15) is 5.75 Å². The maximum atomic E-state index is 12.2. The second-order valence-electron chi connectivity index (χ2n) is 2.73. The first kappa shape index (κ1) is 13.0. The van der Waals surface area contributed by atoms with Crippen molar-refractivity contribution >= 4 is 12.6 Å². The van der Waals surface area contributed by atoms with E-state index in [-0.39, 0.29) is 11.0 Å². The molecule has 0 aliphatic rings. The Labute approximate surface area is 91.4 Å². The zero-order valence-corrected chi connectivity index (χ0v) is 8.25. The highest BCUT2D eigenvalue weighted by atomic mass is 32.1. The number of hydrogen-bond donors (Lipinski definition) is 1.